The molecule has 4 aromatic rings. The highest BCUT2D eigenvalue weighted by Crippen LogP contribution is 2.22. The molecule has 0 aliphatic carbocycles. The minimum Gasteiger partial charge on any atom is -0.493 e. The van der Waals surface area contributed by atoms with Crippen LogP contribution in [0.5, 0.6) is 5.75 Å². The number of aliphatic carboxylic acids is 1. The highest BCUT2D eigenvalue weighted by molar-refractivity contribution is 6.30. The fraction of sp³-hybridized carbons (Fsp3) is 0.214. The van der Waals surface area contributed by atoms with Crippen LogP contribution in [0, 0.1) is 6.92 Å². The van der Waals surface area contributed by atoms with Gasteiger partial charge in [-0.2, -0.15) is 0 Å². The van der Waals surface area contributed by atoms with E-state index in [1.165, 1.54) is 0 Å². The predicted molar refractivity (Wildman–Crippen MR) is 136 cm³/mol. The number of carbonyl (C=O) groups is 1. The minimum absolute atomic E-state index is 0.365. The summed E-state index contributed by atoms with van der Waals surface area (Å²) in [5.41, 5.74) is 3.70. The summed E-state index contributed by atoms with van der Waals surface area (Å²) < 4.78 is 11.7. The van der Waals surface area contributed by atoms with Crippen LogP contribution in [0.3, 0.4) is 0 Å². The molecule has 7 heteroatoms. The Morgan fingerprint density at radius 1 is 1.03 bits per heavy atom. The molecule has 0 amide bonds. The Morgan fingerprint density at radius 2 is 1.71 bits per heavy atom. The normalized spacial score (nSPS) is 11.8. The molecule has 0 spiro atoms. The number of aromatic nitrogens is 1. The molecule has 6 nitrogen and oxygen atoms in total. The molecule has 0 fully saturated rings. The van der Waals surface area contributed by atoms with Crippen LogP contribution in [0.4, 0.5) is 0 Å². The number of halogens is 1. The van der Waals surface area contributed by atoms with Crippen LogP contribution in [-0.2, 0) is 24.2 Å². The highest BCUT2D eigenvalue weighted by Gasteiger charge is 2.17. The monoisotopic (exact) mass is 490 g/mol. The van der Waals surface area contributed by atoms with E-state index in [0.29, 0.717) is 36.9 Å². The standard InChI is InChI=1S/C28H27ClN2O4/c1-19-25(31-27(35-19)22-5-3-2-4-6-22)15-16-34-24-13-9-20(10-14-24)17-26(28(32)33)30-18-21-7-11-23(29)12-8-21/h2-14,26,30H,15-18H2,1H3,(H,32,33). The molecule has 1 unspecified atom stereocenters. The van der Waals surface area contributed by atoms with Crippen molar-refractivity contribution in [2.24, 2.45) is 0 Å². The lowest BCUT2D eigenvalue weighted by Gasteiger charge is -2.15. The predicted octanol–water partition coefficient (Wildman–Crippen LogP) is 5.71. The minimum atomic E-state index is -0.892. The highest BCUT2D eigenvalue weighted by atomic mass is 35.5. The first-order chi connectivity index (χ1) is 17.0. The number of rotatable bonds is 11. The first-order valence-corrected chi connectivity index (χ1v) is 11.8. The second kappa shape index (κ2) is 11.7. The fourth-order valence-electron chi connectivity index (χ4n) is 3.68. The summed E-state index contributed by atoms with van der Waals surface area (Å²) in [5, 5.41) is 13.4. The van der Waals surface area contributed by atoms with Gasteiger partial charge in [-0.1, -0.05) is 54.1 Å². The molecular weight excluding hydrogens is 464 g/mol. The molecule has 1 atom stereocenters. The average Bonchev–Trinajstić information content (AvgIpc) is 3.24. The molecule has 0 radical (unpaired) electrons. The van der Waals surface area contributed by atoms with Crippen LogP contribution < -0.4 is 10.1 Å². The van der Waals surface area contributed by atoms with Gasteiger partial charge in [-0.25, -0.2) is 4.98 Å². The smallest absolute Gasteiger partial charge is 0.321 e. The summed E-state index contributed by atoms with van der Waals surface area (Å²) in [7, 11) is 0. The third-order valence-corrected chi connectivity index (χ3v) is 5.90. The maximum atomic E-state index is 11.7. The number of carboxylic acids is 1. The number of carboxylic acid groups (broad SMARTS) is 1. The summed E-state index contributed by atoms with van der Waals surface area (Å²) in [4.78, 5) is 16.3. The summed E-state index contributed by atoms with van der Waals surface area (Å²) in [6, 6.07) is 23.9. The maximum Gasteiger partial charge on any atom is 0.321 e. The fourth-order valence-corrected chi connectivity index (χ4v) is 3.80. The van der Waals surface area contributed by atoms with E-state index in [0.717, 1.165) is 33.9 Å². The van der Waals surface area contributed by atoms with E-state index in [1.807, 2.05) is 73.7 Å². The molecule has 0 saturated heterocycles. The van der Waals surface area contributed by atoms with Crippen molar-refractivity contribution in [3.63, 3.8) is 0 Å². The Kier molecular flexibility index (Phi) is 8.19. The van der Waals surface area contributed by atoms with Crippen molar-refractivity contribution in [1.29, 1.82) is 0 Å². The number of hydrogen-bond donors (Lipinski definition) is 2. The summed E-state index contributed by atoms with van der Waals surface area (Å²) in [6.07, 6.45) is 0.989. The number of hydrogen-bond acceptors (Lipinski definition) is 5. The Labute approximate surface area is 209 Å². The van der Waals surface area contributed by atoms with Crippen molar-refractivity contribution in [3.8, 4) is 17.2 Å². The zero-order chi connectivity index (χ0) is 24.6. The summed E-state index contributed by atoms with van der Waals surface area (Å²) >= 11 is 5.91. The number of benzene rings is 3. The van der Waals surface area contributed by atoms with Crippen LogP contribution in [0.25, 0.3) is 11.5 Å². The Bertz CT molecular complexity index is 1240. The van der Waals surface area contributed by atoms with E-state index in [2.05, 4.69) is 10.3 Å². The van der Waals surface area contributed by atoms with Crippen LogP contribution in [0.1, 0.15) is 22.6 Å². The molecule has 1 heterocycles. The summed E-state index contributed by atoms with van der Waals surface area (Å²) in [5.74, 6) is 1.23. The second-order valence-electron chi connectivity index (χ2n) is 8.23. The van der Waals surface area contributed by atoms with Crippen molar-refractivity contribution in [2.75, 3.05) is 6.61 Å². The van der Waals surface area contributed by atoms with Gasteiger partial charge in [0.05, 0.1) is 12.3 Å². The third-order valence-electron chi connectivity index (χ3n) is 5.65. The second-order valence-corrected chi connectivity index (χ2v) is 8.67. The van der Waals surface area contributed by atoms with Crippen molar-refractivity contribution < 1.29 is 19.1 Å². The van der Waals surface area contributed by atoms with Crippen molar-refractivity contribution in [1.82, 2.24) is 10.3 Å². The topological polar surface area (TPSA) is 84.6 Å². The number of ether oxygens (including phenoxy) is 1. The van der Waals surface area contributed by atoms with Crippen molar-refractivity contribution in [3.05, 3.63) is 106 Å². The molecule has 4 rings (SSSR count). The quantitative estimate of drug-likeness (QED) is 0.280. The van der Waals surface area contributed by atoms with Gasteiger partial charge in [0.15, 0.2) is 0 Å². The lowest BCUT2D eigenvalue weighted by atomic mass is 10.1. The van der Waals surface area contributed by atoms with E-state index in [1.54, 1.807) is 12.1 Å². The summed E-state index contributed by atoms with van der Waals surface area (Å²) in [6.45, 7) is 2.81. The molecule has 2 N–H and O–H groups in total. The van der Waals surface area contributed by atoms with Gasteiger partial charge < -0.3 is 19.6 Å². The SMILES string of the molecule is Cc1oc(-c2ccccc2)nc1CCOc1ccc(CC(NCc2ccc(Cl)cc2)C(=O)O)cc1. The molecule has 35 heavy (non-hydrogen) atoms. The average molecular weight is 491 g/mol. The molecule has 0 aliphatic heterocycles. The molecule has 0 aliphatic rings. The Balaban J connectivity index is 1.28. The van der Waals surface area contributed by atoms with Crippen LogP contribution in [-0.4, -0.2) is 28.7 Å². The van der Waals surface area contributed by atoms with Crippen LogP contribution in [0.2, 0.25) is 5.02 Å². The number of nitrogens with zero attached hydrogens (tertiary/aromatic N) is 1. The van der Waals surface area contributed by atoms with Crippen LogP contribution in [0.15, 0.2) is 83.3 Å². The van der Waals surface area contributed by atoms with Gasteiger partial charge in [-0.05, 0) is 60.9 Å². The van der Waals surface area contributed by atoms with Gasteiger partial charge in [0, 0.05) is 23.6 Å². The van der Waals surface area contributed by atoms with Gasteiger partial charge in [0.25, 0.3) is 0 Å². The van der Waals surface area contributed by atoms with E-state index in [4.69, 9.17) is 20.8 Å². The Morgan fingerprint density at radius 3 is 2.40 bits per heavy atom. The number of nitrogens with one attached hydrogen (secondary N) is 1. The first-order valence-electron chi connectivity index (χ1n) is 11.4. The molecule has 180 valence electrons. The molecule has 0 bridgehead atoms. The van der Waals surface area contributed by atoms with Gasteiger partial charge in [0.2, 0.25) is 5.89 Å². The van der Waals surface area contributed by atoms with Crippen LogP contribution >= 0.6 is 11.6 Å². The lowest BCUT2D eigenvalue weighted by molar-refractivity contribution is -0.139. The number of aryl methyl sites for hydroxylation is 1. The van der Waals surface area contributed by atoms with Crippen molar-refractivity contribution in [2.45, 2.75) is 32.4 Å². The zero-order valence-electron chi connectivity index (χ0n) is 19.4. The zero-order valence-corrected chi connectivity index (χ0v) is 20.2. The third kappa shape index (κ3) is 6.94. The van der Waals surface area contributed by atoms with Gasteiger partial charge in [-0.15, -0.1) is 0 Å². The van der Waals surface area contributed by atoms with E-state index in [9.17, 15) is 9.90 Å². The van der Waals surface area contributed by atoms with E-state index in [-0.39, 0.29) is 0 Å². The first kappa shape index (κ1) is 24.5. The molecular formula is C28H27ClN2O4. The van der Waals surface area contributed by atoms with Gasteiger partial charge in [-0.3, -0.25) is 4.79 Å². The van der Waals surface area contributed by atoms with E-state index < -0.39 is 12.0 Å². The largest absolute Gasteiger partial charge is 0.493 e. The number of oxazole rings is 1. The maximum absolute atomic E-state index is 11.7. The molecule has 0 saturated carbocycles. The van der Waals surface area contributed by atoms with Gasteiger partial charge >= 0.3 is 5.97 Å². The lowest BCUT2D eigenvalue weighted by Crippen LogP contribution is -2.38. The molecule has 1 aromatic heterocycles. The Hall–Kier alpha value is -3.61. The van der Waals surface area contributed by atoms with E-state index >= 15 is 0 Å². The van der Waals surface area contributed by atoms with Crippen molar-refractivity contribution >= 4 is 17.6 Å². The molecule has 3 aromatic carbocycles. The van der Waals surface area contributed by atoms with Gasteiger partial charge in [0.1, 0.15) is 17.6 Å².